The summed E-state index contributed by atoms with van der Waals surface area (Å²) in [5, 5.41) is 0. The molecule has 0 radical (unpaired) electrons. The van der Waals surface area contributed by atoms with Gasteiger partial charge >= 0.3 is 5.97 Å². The second-order valence-corrected chi connectivity index (χ2v) is 5.78. The number of rotatable bonds is 6. The topological polar surface area (TPSA) is 29.5 Å². The van der Waals surface area contributed by atoms with Gasteiger partial charge in [-0.15, -0.1) is 0 Å². The molecule has 0 aromatic rings. The third-order valence-corrected chi connectivity index (χ3v) is 4.28. The first-order valence-corrected chi connectivity index (χ1v) is 7.22. The Hall–Kier alpha value is -0.220. The SMILES string of the molecule is CC[C@@H](C)COC(=O)CN(C)[C@H]1CCSC1. The number of nitrogens with zero attached hydrogens (tertiary/aromatic N) is 1. The molecule has 0 spiro atoms. The average Bonchev–Trinajstić information content (AvgIpc) is 2.79. The third-order valence-electron chi connectivity index (χ3n) is 3.13. The second-order valence-electron chi connectivity index (χ2n) is 4.63. The van der Waals surface area contributed by atoms with E-state index in [4.69, 9.17) is 4.74 Å². The number of esters is 1. The van der Waals surface area contributed by atoms with Gasteiger partial charge in [0.2, 0.25) is 0 Å². The van der Waals surface area contributed by atoms with E-state index in [1.807, 2.05) is 18.8 Å². The standard InChI is InChI=1S/C12H23NO2S/c1-4-10(2)8-15-12(14)7-13(3)11-5-6-16-9-11/h10-11H,4-9H2,1-3H3/t10-,11+/m1/s1. The van der Waals surface area contributed by atoms with Crippen LogP contribution in [0.15, 0.2) is 0 Å². The van der Waals surface area contributed by atoms with Gasteiger partial charge in [-0.1, -0.05) is 20.3 Å². The predicted octanol–water partition coefficient (Wildman–Crippen LogP) is 2.01. The Morgan fingerprint density at radius 2 is 2.38 bits per heavy atom. The lowest BCUT2D eigenvalue weighted by Crippen LogP contribution is -2.36. The molecule has 94 valence electrons. The summed E-state index contributed by atoms with van der Waals surface area (Å²) < 4.78 is 5.24. The van der Waals surface area contributed by atoms with E-state index in [9.17, 15) is 4.79 Å². The van der Waals surface area contributed by atoms with E-state index in [2.05, 4.69) is 18.7 Å². The quantitative estimate of drug-likeness (QED) is 0.670. The third kappa shape index (κ3) is 4.74. The van der Waals surface area contributed by atoms with Crippen molar-refractivity contribution in [2.24, 2.45) is 5.92 Å². The van der Waals surface area contributed by atoms with Crippen LogP contribution in [-0.2, 0) is 9.53 Å². The highest BCUT2D eigenvalue weighted by molar-refractivity contribution is 7.99. The molecule has 0 aliphatic carbocycles. The lowest BCUT2D eigenvalue weighted by molar-refractivity contribution is -0.146. The number of carbonyl (C=O) groups is 1. The van der Waals surface area contributed by atoms with E-state index in [0.717, 1.165) is 12.2 Å². The number of hydrogen-bond donors (Lipinski definition) is 0. The van der Waals surface area contributed by atoms with Crippen molar-refractivity contribution in [1.29, 1.82) is 0 Å². The summed E-state index contributed by atoms with van der Waals surface area (Å²) in [5.74, 6) is 2.75. The fourth-order valence-electron chi connectivity index (χ4n) is 1.60. The maximum atomic E-state index is 11.6. The lowest BCUT2D eigenvalue weighted by atomic mass is 10.1. The maximum Gasteiger partial charge on any atom is 0.320 e. The molecular weight excluding hydrogens is 222 g/mol. The predicted molar refractivity (Wildman–Crippen MR) is 68.8 cm³/mol. The molecule has 0 unspecified atom stereocenters. The van der Waals surface area contributed by atoms with Gasteiger partial charge in [0.15, 0.2) is 0 Å². The molecule has 1 rings (SSSR count). The monoisotopic (exact) mass is 245 g/mol. The number of likely N-dealkylation sites (N-methyl/N-ethyl adjacent to an activating group) is 1. The normalized spacial score (nSPS) is 22.4. The second kappa shape index (κ2) is 7.17. The molecule has 1 fully saturated rings. The molecule has 1 aliphatic rings. The van der Waals surface area contributed by atoms with Gasteiger partial charge in [0, 0.05) is 11.8 Å². The molecule has 3 nitrogen and oxygen atoms in total. The van der Waals surface area contributed by atoms with Crippen LogP contribution < -0.4 is 0 Å². The van der Waals surface area contributed by atoms with Crippen LogP contribution in [0.25, 0.3) is 0 Å². The molecule has 0 aromatic heterocycles. The Labute approximate surface area is 103 Å². The summed E-state index contributed by atoms with van der Waals surface area (Å²) >= 11 is 1.97. The van der Waals surface area contributed by atoms with Gasteiger partial charge < -0.3 is 4.74 Å². The molecule has 16 heavy (non-hydrogen) atoms. The minimum absolute atomic E-state index is 0.0836. The summed E-state index contributed by atoms with van der Waals surface area (Å²) in [7, 11) is 2.01. The lowest BCUT2D eigenvalue weighted by Gasteiger charge is -2.22. The minimum Gasteiger partial charge on any atom is -0.464 e. The van der Waals surface area contributed by atoms with E-state index in [-0.39, 0.29) is 5.97 Å². The highest BCUT2D eigenvalue weighted by Crippen LogP contribution is 2.21. The highest BCUT2D eigenvalue weighted by Gasteiger charge is 2.22. The highest BCUT2D eigenvalue weighted by atomic mass is 32.2. The molecule has 0 saturated carbocycles. The van der Waals surface area contributed by atoms with Crippen LogP contribution in [0.1, 0.15) is 26.7 Å². The van der Waals surface area contributed by atoms with Gasteiger partial charge in [0.25, 0.3) is 0 Å². The van der Waals surface area contributed by atoms with E-state index in [0.29, 0.717) is 25.1 Å². The number of ether oxygens (including phenoxy) is 1. The van der Waals surface area contributed by atoms with Crippen molar-refractivity contribution in [3.63, 3.8) is 0 Å². The summed E-state index contributed by atoms with van der Waals surface area (Å²) in [6, 6.07) is 0.557. The van der Waals surface area contributed by atoms with Crippen LogP contribution in [0, 0.1) is 5.92 Å². The van der Waals surface area contributed by atoms with Crippen LogP contribution in [0.2, 0.25) is 0 Å². The van der Waals surface area contributed by atoms with E-state index in [1.165, 1.54) is 12.2 Å². The van der Waals surface area contributed by atoms with Crippen LogP contribution in [-0.4, -0.2) is 48.6 Å². The summed E-state index contributed by atoms with van der Waals surface area (Å²) in [6.45, 7) is 5.20. The number of hydrogen-bond acceptors (Lipinski definition) is 4. The van der Waals surface area contributed by atoms with E-state index >= 15 is 0 Å². The van der Waals surface area contributed by atoms with Crippen molar-refractivity contribution < 1.29 is 9.53 Å². The van der Waals surface area contributed by atoms with Crippen molar-refractivity contribution in [2.75, 3.05) is 31.7 Å². The van der Waals surface area contributed by atoms with Gasteiger partial charge in [0.05, 0.1) is 13.2 Å². The molecule has 0 bridgehead atoms. The molecule has 4 heteroatoms. The Kier molecular flexibility index (Phi) is 6.21. The van der Waals surface area contributed by atoms with Crippen molar-refractivity contribution in [2.45, 2.75) is 32.7 Å². The molecule has 2 atom stereocenters. The first-order chi connectivity index (χ1) is 7.63. The Morgan fingerprint density at radius 3 is 2.94 bits per heavy atom. The van der Waals surface area contributed by atoms with Crippen molar-refractivity contribution >= 4 is 17.7 Å². The smallest absolute Gasteiger partial charge is 0.320 e. The van der Waals surface area contributed by atoms with Crippen LogP contribution in [0.3, 0.4) is 0 Å². The Morgan fingerprint density at radius 1 is 1.62 bits per heavy atom. The maximum absolute atomic E-state index is 11.6. The van der Waals surface area contributed by atoms with Crippen LogP contribution in [0.4, 0.5) is 0 Å². The Balaban J connectivity index is 2.17. The van der Waals surface area contributed by atoms with Crippen LogP contribution >= 0.6 is 11.8 Å². The summed E-state index contributed by atoms with van der Waals surface area (Å²) in [5.41, 5.74) is 0. The molecule has 0 aromatic carbocycles. The van der Waals surface area contributed by atoms with Gasteiger partial charge in [-0.3, -0.25) is 9.69 Å². The first kappa shape index (κ1) is 13.8. The van der Waals surface area contributed by atoms with Crippen molar-refractivity contribution in [1.82, 2.24) is 4.90 Å². The van der Waals surface area contributed by atoms with Gasteiger partial charge in [0.1, 0.15) is 0 Å². The van der Waals surface area contributed by atoms with Gasteiger partial charge in [-0.05, 0) is 25.1 Å². The first-order valence-electron chi connectivity index (χ1n) is 6.07. The van der Waals surface area contributed by atoms with Crippen LogP contribution in [0.5, 0.6) is 0 Å². The molecule has 1 aliphatic heterocycles. The van der Waals surface area contributed by atoms with E-state index in [1.54, 1.807) is 0 Å². The minimum atomic E-state index is -0.0836. The summed E-state index contributed by atoms with van der Waals surface area (Å²) in [6.07, 6.45) is 2.25. The Bertz CT molecular complexity index is 217. The zero-order valence-electron chi connectivity index (χ0n) is 10.6. The molecule has 0 amide bonds. The molecule has 1 saturated heterocycles. The van der Waals surface area contributed by atoms with Crippen molar-refractivity contribution in [3.05, 3.63) is 0 Å². The van der Waals surface area contributed by atoms with E-state index < -0.39 is 0 Å². The molecule has 1 heterocycles. The zero-order valence-corrected chi connectivity index (χ0v) is 11.4. The molecule has 0 N–H and O–H groups in total. The summed E-state index contributed by atoms with van der Waals surface area (Å²) in [4.78, 5) is 13.7. The number of carbonyl (C=O) groups excluding carboxylic acids is 1. The van der Waals surface area contributed by atoms with Gasteiger partial charge in [-0.2, -0.15) is 11.8 Å². The fourth-order valence-corrected chi connectivity index (χ4v) is 2.90. The average molecular weight is 245 g/mol. The van der Waals surface area contributed by atoms with Crippen molar-refractivity contribution in [3.8, 4) is 0 Å². The fraction of sp³-hybridized carbons (Fsp3) is 0.917. The largest absolute Gasteiger partial charge is 0.464 e. The van der Waals surface area contributed by atoms with Gasteiger partial charge in [-0.25, -0.2) is 0 Å². The molecular formula is C12H23NO2S. The zero-order chi connectivity index (χ0) is 12.0. The number of thioether (sulfide) groups is 1.